The summed E-state index contributed by atoms with van der Waals surface area (Å²) in [6, 6.07) is 3.10. The van der Waals surface area contributed by atoms with E-state index in [1.807, 2.05) is 0 Å². The van der Waals surface area contributed by atoms with Gasteiger partial charge in [-0.3, -0.25) is 14.4 Å². The van der Waals surface area contributed by atoms with E-state index in [1.54, 1.807) is 13.1 Å². The van der Waals surface area contributed by atoms with Crippen LogP contribution in [0.4, 0.5) is 0 Å². The average molecular weight is 361 g/mol. The molecule has 0 bridgehead atoms. The van der Waals surface area contributed by atoms with Crippen LogP contribution in [-0.2, 0) is 14.3 Å². The molecule has 116 valence electrons. The SMILES string of the molecule is COC(=O)CCCN(C)C(=O)CNC(=O)c1ccc(Br)o1. The van der Waals surface area contributed by atoms with E-state index in [0.29, 0.717) is 17.6 Å². The second-order valence-electron chi connectivity index (χ2n) is 4.28. The minimum atomic E-state index is -0.461. The van der Waals surface area contributed by atoms with Crippen LogP contribution in [0.25, 0.3) is 0 Å². The number of esters is 1. The molecule has 21 heavy (non-hydrogen) atoms. The Morgan fingerprint density at radius 1 is 1.38 bits per heavy atom. The number of rotatable bonds is 7. The highest BCUT2D eigenvalue weighted by atomic mass is 79.9. The van der Waals surface area contributed by atoms with Crippen molar-refractivity contribution in [1.82, 2.24) is 10.2 Å². The average Bonchev–Trinajstić information content (AvgIpc) is 2.90. The summed E-state index contributed by atoms with van der Waals surface area (Å²) in [4.78, 5) is 35.8. The van der Waals surface area contributed by atoms with Crippen molar-refractivity contribution in [3.05, 3.63) is 22.6 Å². The number of amides is 2. The smallest absolute Gasteiger partial charge is 0.305 e. The first-order chi connectivity index (χ1) is 9.93. The van der Waals surface area contributed by atoms with E-state index in [9.17, 15) is 14.4 Å². The molecule has 0 aliphatic carbocycles. The van der Waals surface area contributed by atoms with Crippen molar-refractivity contribution >= 4 is 33.7 Å². The van der Waals surface area contributed by atoms with Gasteiger partial charge in [-0.05, 0) is 34.5 Å². The molecule has 8 heteroatoms. The van der Waals surface area contributed by atoms with E-state index < -0.39 is 5.91 Å². The first kappa shape index (κ1) is 17.2. The summed E-state index contributed by atoms with van der Waals surface area (Å²) in [5.74, 6) is -0.897. The predicted molar refractivity (Wildman–Crippen MR) is 77.6 cm³/mol. The van der Waals surface area contributed by atoms with Crippen LogP contribution < -0.4 is 5.32 Å². The fourth-order valence-corrected chi connectivity index (χ4v) is 1.81. The highest BCUT2D eigenvalue weighted by Crippen LogP contribution is 2.13. The summed E-state index contributed by atoms with van der Waals surface area (Å²) in [6.07, 6.45) is 0.759. The topological polar surface area (TPSA) is 88.9 Å². The van der Waals surface area contributed by atoms with Crippen LogP contribution in [0.3, 0.4) is 0 Å². The lowest BCUT2D eigenvalue weighted by Gasteiger charge is -2.16. The standard InChI is InChI=1S/C13H17BrN2O5/c1-16(7-3-4-12(18)20-2)11(17)8-15-13(19)9-5-6-10(14)21-9/h5-6H,3-4,7-8H2,1-2H3,(H,15,19). The van der Waals surface area contributed by atoms with Crippen LogP contribution >= 0.6 is 15.9 Å². The van der Waals surface area contributed by atoms with Gasteiger partial charge in [0.25, 0.3) is 5.91 Å². The summed E-state index contributed by atoms with van der Waals surface area (Å²) in [5.41, 5.74) is 0. The highest BCUT2D eigenvalue weighted by molar-refractivity contribution is 9.10. The molecular weight excluding hydrogens is 344 g/mol. The molecule has 0 fully saturated rings. The van der Waals surface area contributed by atoms with Crippen molar-refractivity contribution in [1.29, 1.82) is 0 Å². The first-order valence-corrected chi connectivity index (χ1v) is 7.07. The van der Waals surface area contributed by atoms with Crippen molar-refractivity contribution in [3.63, 3.8) is 0 Å². The molecule has 7 nitrogen and oxygen atoms in total. The van der Waals surface area contributed by atoms with Gasteiger partial charge in [0.15, 0.2) is 10.4 Å². The van der Waals surface area contributed by atoms with Crippen LogP contribution in [0, 0.1) is 0 Å². The molecule has 0 saturated heterocycles. The Labute approximate surface area is 130 Å². The third-order valence-corrected chi connectivity index (χ3v) is 3.15. The van der Waals surface area contributed by atoms with E-state index in [1.165, 1.54) is 18.1 Å². The molecule has 1 aromatic heterocycles. The Kier molecular flexibility index (Phi) is 6.93. The lowest BCUT2D eigenvalue weighted by atomic mass is 10.3. The fraction of sp³-hybridized carbons (Fsp3) is 0.462. The quantitative estimate of drug-likeness (QED) is 0.737. The molecule has 0 aromatic carbocycles. The van der Waals surface area contributed by atoms with Gasteiger partial charge in [0.2, 0.25) is 5.91 Å². The Morgan fingerprint density at radius 2 is 2.10 bits per heavy atom. The van der Waals surface area contributed by atoms with E-state index in [2.05, 4.69) is 26.0 Å². The molecule has 0 aliphatic heterocycles. The largest absolute Gasteiger partial charge is 0.469 e. The Hall–Kier alpha value is -1.83. The van der Waals surface area contributed by atoms with Crippen LogP contribution in [0.2, 0.25) is 0 Å². The molecule has 0 unspecified atom stereocenters. The lowest BCUT2D eigenvalue weighted by Crippen LogP contribution is -2.38. The molecule has 0 radical (unpaired) electrons. The molecule has 1 aromatic rings. The van der Waals surface area contributed by atoms with E-state index in [0.717, 1.165) is 0 Å². The number of nitrogens with zero attached hydrogens (tertiary/aromatic N) is 1. The summed E-state index contributed by atoms with van der Waals surface area (Å²) >= 11 is 3.09. The minimum absolute atomic E-state index is 0.128. The number of carbonyl (C=O) groups is 3. The third-order valence-electron chi connectivity index (χ3n) is 2.73. The number of halogens is 1. The van der Waals surface area contributed by atoms with Crippen molar-refractivity contribution in [2.24, 2.45) is 0 Å². The molecule has 1 heterocycles. The Balaban J connectivity index is 2.29. The fourth-order valence-electron chi connectivity index (χ4n) is 1.50. The third kappa shape index (κ3) is 5.99. The molecule has 0 atom stereocenters. The number of furan rings is 1. The Morgan fingerprint density at radius 3 is 2.67 bits per heavy atom. The summed E-state index contributed by atoms with van der Waals surface area (Å²) in [6.45, 7) is 0.280. The zero-order valence-corrected chi connectivity index (χ0v) is 13.4. The van der Waals surface area contributed by atoms with Crippen molar-refractivity contribution in [3.8, 4) is 0 Å². The summed E-state index contributed by atoms with van der Waals surface area (Å²) < 4.78 is 10.0. The number of carbonyl (C=O) groups excluding carboxylic acids is 3. The molecular formula is C13H17BrN2O5. The predicted octanol–water partition coefficient (Wildman–Crippen LogP) is 1.18. The second kappa shape index (κ2) is 8.46. The number of methoxy groups -OCH3 is 1. The van der Waals surface area contributed by atoms with Crippen LogP contribution in [0.5, 0.6) is 0 Å². The second-order valence-corrected chi connectivity index (χ2v) is 5.06. The summed E-state index contributed by atoms with van der Waals surface area (Å²) in [7, 11) is 2.93. The zero-order chi connectivity index (χ0) is 15.8. The molecule has 0 saturated carbocycles. The number of nitrogens with one attached hydrogen (secondary N) is 1. The molecule has 1 rings (SSSR count). The number of hydrogen-bond donors (Lipinski definition) is 1. The van der Waals surface area contributed by atoms with E-state index >= 15 is 0 Å². The maximum absolute atomic E-state index is 11.8. The van der Waals surface area contributed by atoms with Crippen LogP contribution in [0.15, 0.2) is 21.2 Å². The van der Waals surface area contributed by atoms with Crippen LogP contribution in [0.1, 0.15) is 23.4 Å². The summed E-state index contributed by atoms with van der Waals surface area (Å²) in [5, 5.41) is 2.47. The number of ether oxygens (including phenoxy) is 1. The van der Waals surface area contributed by atoms with Gasteiger partial charge in [0.1, 0.15) is 0 Å². The maximum atomic E-state index is 11.8. The number of hydrogen-bond acceptors (Lipinski definition) is 5. The molecule has 1 N–H and O–H groups in total. The van der Waals surface area contributed by atoms with Gasteiger partial charge in [-0.25, -0.2) is 0 Å². The maximum Gasteiger partial charge on any atom is 0.305 e. The van der Waals surface area contributed by atoms with Gasteiger partial charge in [-0.2, -0.15) is 0 Å². The van der Waals surface area contributed by atoms with Crippen molar-refractivity contribution < 1.29 is 23.5 Å². The van der Waals surface area contributed by atoms with Gasteiger partial charge >= 0.3 is 5.97 Å². The monoisotopic (exact) mass is 360 g/mol. The van der Waals surface area contributed by atoms with Gasteiger partial charge in [0.05, 0.1) is 13.7 Å². The minimum Gasteiger partial charge on any atom is -0.469 e. The van der Waals surface area contributed by atoms with Crippen LogP contribution in [-0.4, -0.2) is 49.9 Å². The van der Waals surface area contributed by atoms with Crippen molar-refractivity contribution in [2.75, 3.05) is 27.2 Å². The normalized spacial score (nSPS) is 10.0. The van der Waals surface area contributed by atoms with E-state index in [-0.39, 0.29) is 30.6 Å². The first-order valence-electron chi connectivity index (χ1n) is 6.28. The zero-order valence-electron chi connectivity index (χ0n) is 11.8. The molecule has 2 amide bonds. The molecule has 0 aliphatic rings. The van der Waals surface area contributed by atoms with Gasteiger partial charge in [-0.15, -0.1) is 0 Å². The highest BCUT2D eigenvalue weighted by Gasteiger charge is 2.14. The molecule has 0 spiro atoms. The lowest BCUT2D eigenvalue weighted by molar-refractivity contribution is -0.141. The van der Waals surface area contributed by atoms with Gasteiger partial charge in [0, 0.05) is 20.0 Å². The van der Waals surface area contributed by atoms with Gasteiger partial charge in [-0.1, -0.05) is 0 Å². The number of likely N-dealkylation sites (N-methyl/N-ethyl adjacent to an activating group) is 1. The van der Waals surface area contributed by atoms with E-state index in [4.69, 9.17) is 4.42 Å². The van der Waals surface area contributed by atoms with Gasteiger partial charge < -0.3 is 19.4 Å². The van der Waals surface area contributed by atoms with Crippen molar-refractivity contribution in [2.45, 2.75) is 12.8 Å². The Bertz CT molecular complexity index is 514.